The van der Waals surface area contributed by atoms with Crippen LogP contribution in [-0.4, -0.2) is 53.5 Å². The molecule has 2 aromatic carbocycles. The second-order valence-electron chi connectivity index (χ2n) is 6.47. The summed E-state index contributed by atoms with van der Waals surface area (Å²) in [5, 5.41) is 20.9. The minimum absolute atomic E-state index is 0.137. The Kier molecular flexibility index (Phi) is 5.20. The molecule has 27 heavy (non-hydrogen) atoms. The highest BCUT2D eigenvalue weighted by atomic mass is 16.7. The van der Waals surface area contributed by atoms with Crippen LogP contribution >= 0.6 is 0 Å². The smallest absolute Gasteiger partial charge is 0.338 e. The van der Waals surface area contributed by atoms with Crippen molar-refractivity contribution >= 4 is 5.97 Å². The van der Waals surface area contributed by atoms with Gasteiger partial charge in [0.05, 0.1) is 12.2 Å². The summed E-state index contributed by atoms with van der Waals surface area (Å²) in [5.74, 6) is -0.660. The summed E-state index contributed by atoms with van der Waals surface area (Å²) < 4.78 is 22.3. The van der Waals surface area contributed by atoms with Gasteiger partial charge < -0.3 is 29.2 Å². The SMILES string of the molecule is O=C(O[C@@H]1[C@@H](O)[C@@H]2OC(c3ccccc3)OC[C@H]2O[C@@H]1O)c1ccccc1. The number of carbonyl (C=O) groups excluding carboxylic acids is 1. The van der Waals surface area contributed by atoms with Crippen LogP contribution in [0.1, 0.15) is 22.2 Å². The first-order chi connectivity index (χ1) is 13.1. The fourth-order valence-electron chi connectivity index (χ4n) is 3.25. The largest absolute Gasteiger partial charge is 0.450 e. The Morgan fingerprint density at radius 1 is 0.963 bits per heavy atom. The molecule has 4 rings (SSSR count). The first-order valence-corrected chi connectivity index (χ1v) is 8.73. The molecule has 6 atom stereocenters. The number of ether oxygens (including phenoxy) is 4. The maximum absolute atomic E-state index is 12.3. The van der Waals surface area contributed by atoms with Crippen molar-refractivity contribution in [2.75, 3.05) is 6.61 Å². The summed E-state index contributed by atoms with van der Waals surface area (Å²) in [5.41, 5.74) is 1.11. The number of aliphatic hydroxyl groups excluding tert-OH is 2. The molecule has 0 amide bonds. The van der Waals surface area contributed by atoms with E-state index in [1.54, 1.807) is 30.3 Å². The molecule has 7 nitrogen and oxygen atoms in total. The van der Waals surface area contributed by atoms with Gasteiger partial charge in [-0.05, 0) is 12.1 Å². The topological polar surface area (TPSA) is 94.5 Å². The molecule has 7 heteroatoms. The molecule has 142 valence electrons. The predicted octanol–water partition coefficient (Wildman–Crippen LogP) is 1.40. The van der Waals surface area contributed by atoms with Gasteiger partial charge in [0.2, 0.25) is 0 Å². The fraction of sp³-hybridized carbons (Fsp3) is 0.350. The van der Waals surface area contributed by atoms with E-state index in [-0.39, 0.29) is 6.61 Å². The first-order valence-electron chi connectivity index (χ1n) is 8.73. The highest BCUT2D eigenvalue weighted by molar-refractivity contribution is 5.89. The van der Waals surface area contributed by atoms with Crippen LogP contribution in [0.2, 0.25) is 0 Å². The van der Waals surface area contributed by atoms with Crippen molar-refractivity contribution < 1.29 is 34.0 Å². The number of carbonyl (C=O) groups is 1. The van der Waals surface area contributed by atoms with E-state index in [9.17, 15) is 15.0 Å². The van der Waals surface area contributed by atoms with Crippen LogP contribution in [0.4, 0.5) is 0 Å². The van der Waals surface area contributed by atoms with Crippen molar-refractivity contribution in [1.82, 2.24) is 0 Å². The molecule has 2 heterocycles. The van der Waals surface area contributed by atoms with E-state index in [0.717, 1.165) is 5.56 Å². The Hall–Kier alpha value is -2.29. The Morgan fingerprint density at radius 2 is 1.63 bits per heavy atom. The molecule has 1 unspecified atom stereocenters. The van der Waals surface area contributed by atoms with Crippen LogP contribution in [-0.2, 0) is 18.9 Å². The van der Waals surface area contributed by atoms with Gasteiger partial charge in [-0.3, -0.25) is 0 Å². The van der Waals surface area contributed by atoms with Gasteiger partial charge in [-0.25, -0.2) is 4.79 Å². The lowest BCUT2D eigenvalue weighted by Gasteiger charge is -2.46. The van der Waals surface area contributed by atoms with Crippen LogP contribution in [0.5, 0.6) is 0 Å². The van der Waals surface area contributed by atoms with Crippen LogP contribution in [0.25, 0.3) is 0 Å². The van der Waals surface area contributed by atoms with E-state index < -0.39 is 43.0 Å². The summed E-state index contributed by atoms with van der Waals surface area (Å²) >= 11 is 0. The lowest BCUT2D eigenvalue weighted by molar-refractivity contribution is -0.353. The number of benzene rings is 2. The van der Waals surface area contributed by atoms with E-state index in [2.05, 4.69) is 0 Å². The zero-order valence-corrected chi connectivity index (χ0v) is 14.4. The molecule has 0 aliphatic carbocycles. The molecule has 0 aromatic heterocycles. The average Bonchev–Trinajstić information content (AvgIpc) is 2.72. The molecule has 2 fully saturated rings. The third kappa shape index (κ3) is 3.73. The van der Waals surface area contributed by atoms with Crippen molar-refractivity contribution in [2.45, 2.75) is 37.0 Å². The number of rotatable bonds is 3. The Labute approximate surface area is 156 Å². The molecule has 0 saturated carbocycles. The number of aliphatic hydroxyl groups is 2. The van der Waals surface area contributed by atoms with Gasteiger partial charge in [0.1, 0.15) is 18.3 Å². The van der Waals surface area contributed by atoms with Gasteiger partial charge >= 0.3 is 5.97 Å². The summed E-state index contributed by atoms with van der Waals surface area (Å²) in [7, 11) is 0. The zero-order chi connectivity index (χ0) is 18.8. The molecule has 0 radical (unpaired) electrons. The number of hydrogen-bond acceptors (Lipinski definition) is 7. The van der Waals surface area contributed by atoms with Gasteiger partial charge in [0.15, 0.2) is 18.7 Å². The standard InChI is InChI=1S/C20H20O7/c21-15-16-14(11-24-20(27-16)13-9-5-2-6-10-13)25-19(23)17(15)26-18(22)12-7-3-1-4-8-12/h1-10,14-17,19-21,23H,11H2/t14-,15+,16-,17-,19+,20?/m1/s1. The van der Waals surface area contributed by atoms with Crippen LogP contribution in [0.15, 0.2) is 60.7 Å². The van der Waals surface area contributed by atoms with E-state index in [4.69, 9.17) is 18.9 Å². The molecule has 2 saturated heterocycles. The molecule has 2 aliphatic heterocycles. The second-order valence-corrected chi connectivity index (χ2v) is 6.47. The second kappa shape index (κ2) is 7.75. The van der Waals surface area contributed by atoms with Crippen LogP contribution < -0.4 is 0 Å². The van der Waals surface area contributed by atoms with Crippen LogP contribution in [0, 0.1) is 0 Å². The Bertz CT molecular complexity index is 766. The molecule has 2 aromatic rings. The fourth-order valence-corrected chi connectivity index (χ4v) is 3.25. The highest BCUT2D eigenvalue weighted by Crippen LogP contribution is 2.34. The molecule has 0 spiro atoms. The summed E-state index contributed by atoms with van der Waals surface area (Å²) in [6.07, 6.45) is -6.15. The quantitative estimate of drug-likeness (QED) is 0.787. The first kappa shape index (κ1) is 18.1. The minimum atomic E-state index is -1.48. The maximum Gasteiger partial charge on any atom is 0.338 e. The summed E-state index contributed by atoms with van der Waals surface area (Å²) in [4.78, 5) is 12.3. The molecule has 2 N–H and O–H groups in total. The van der Waals surface area contributed by atoms with Gasteiger partial charge in [-0.1, -0.05) is 48.5 Å². The van der Waals surface area contributed by atoms with Gasteiger partial charge in [0.25, 0.3) is 0 Å². The molecular weight excluding hydrogens is 352 g/mol. The monoisotopic (exact) mass is 372 g/mol. The average molecular weight is 372 g/mol. The lowest BCUT2D eigenvalue weighted by atomic mass is 9.97. The van der Waals surface area contributed by atoms with Crippen molar-refractivity contribution in [2.24, 2.45) is 0 Å². The van der Waals surface area contributed by atoms with Crippen molar-refractivity contribution in [3.05, 3.63) is 71.8 Å². The molecular formula is C20H20O7. The normalized spacial score (nSPS) is 33.1. The predicted molar refractivity (Wildman–Crippen MR) is 92.5 cm³/mol. The van der Waals surface area contributed by atoms with Crippen molar-refractivity contribution in [1.29, 1.82) is 0 Å². The van der Waals surface area contributed by atoms with E-state index in [0.29, 0.717) is 5.56 Å². The number of esters is 1. The van der Waals surface area contributed by atoms with E-state index in [1.807, 2.05) is 30.3 Å². The molecule has 0 bridgehead atoms. The maximum atomic E-state index is 12.3. The minimum Gasteiger partial charge on any atom is -0.450 e. The highest BCUT2D eigenvalue weighted by Gasteiger charge is 2.50. The Balaban J connectivity index is 1.48. The number of fused-ring (bicyclic) bond motifs is 1. The van der Waals surface area contributed by atoms with E-state index in [1.165, 1.54) is 0 Å². The van der Waals surface area contributed by atoms with Gasteiger partial charge in [-0.15, -0.1) is 0 Å². The zero-order valence-electron chi connectivity index (χ0n) is 14.4. The van der Waals surface area contributed by atoms with E-state index >= 15 is 0 Å². The lowest BCUT2D eigenvalue weighted by Crippen LogP contribution is -2.62. The molecule has 2 aliphatic rings. The van der Waals surface area contributed by atoms with Crippen molar-refractivity contribution in [3.8, 4) is 0 Å². The van der Waals surface area contributed by atoms with Crippen LogP contribution in [0.3, 0.4) is 0 Å². The summed E-state index contributed by atoms with van der Waals surface area (Å²) in [6.45, 7) is 0.137. The van der Waals surface area contributed by atoms with Crippen molar-refractivity contribution in [3.63, 3.8) is 0 Å². The summed E-state index contributed by atoms with van der Waals surface area (Å²) in [6, 6.07) is 17.6. The number of hydrogen-bond donors (Lipinski definition) is 2. The third-order valence-electron chi connectivity index (χ3n) is 4.65. The third-order valence-corrected chi connectivity index (χ3v) is 4.65. The van der Waals surface area contributed by atoms with Gasteiger partial charge in [-0.2, -0.15) is 0 Å². The van der Waals surface area contributed by atoms with Gasteiger partial charge in [0, 0.05) is 5.56 Å². The Morgan fingerprint density at radius 3 is 2.33 bits per heavy atom.